The molecule has 0 radical (unpaired) electrons. The van der Waals surface area contributed by atoms with E-state index in [2.05, 4.69) is 10.2 Å². The lowest BCUT2D eigenvalue weighted by Gasteiger charge is -2.26. The Morgan fingerprint density at radius 1 is 1.35 bits per heavy atom. The maximum Gasteiger partial charge on any atom is 0.223 e. The zero-order valence-electron chi connectivity index (χ0n) is 10.0. The second kappa shape index (κ2) is 6.35. The number of hydrogen-bond donors (Lipinski definition) is 0. The van der Waals surface area contributed by atoms with Crippen molar-refractivity contribution < 1.29 is 4.79 Å². The monoisotopic (exact) mass is 271 g/mol. The Balaban J connectivity index is 1.69. The quantitative estimate of drug-likeness (QED) is 0.789. The molecule has 0 atom stereocenters. The molecule has 94 valence electrons. The molecule has 0 unspecified atom stereocenters. The van der Waals surface area contributed by atoms with Gasteiger partial charge in [0.25, 0.3) is 0 Å². The molecule has 1 aliphatic rings. The summed E-state index contributed by atoms with van der Waals surface area (Å²) in [6.07, 6.45) is 4.20. The molecule has 0 spiro atoms. The summed E-state index contributed by atoms with van der Waals surface area (Å²) < 4.78 is 0.967. The van der Waals surface area contributed by atoms with E-state index in [1.165, 1.54) is 6.42 Å². The van der Waals surface area contributed by atoms with E-state index in [0.717, 1.165) is 41.0 Å². The minimum atomic E-state index is 0.290. The number of aromatic nitrogens is 2. The fourth-order valence-corrected chi connectivity index (χ4v) is 3.68. The third-order valence-corrected chi connectivity index (χ3v) is 4.73. The van der Waals surface area contributed by atoms with Crippen LogP contribution in [0.1, 0.15) is 30.7 Å². The highest BCUT2D eigenvalue weighted by Gasteiger charge is 2.16. The van der Waals surface area contributed by atoms with Gasteiger partial charge in [-0.25, -0.2) is 0 Å². The van der Waals surface area contributed by atoms with Crippen LogP contribution in [0.25, 0.3) is 0 Å². The molecule has 17 heavy (non-hydrogen) atoms. The van der Waals surface area contributed by atoms with Crippen molar-refractivity contribution in [3.05, 3.63) is 5.01 Å². The molecule has 0 N–H and O–H groups in total. The smallest absolute Gasteiger partial charge is 0.223 e. The molecule has 0 aromatic carbocycles. The standard InChI is InChI=1S/C11H17N3OS2/c1-9-12-13-11(17-9)16-8-5-10(15)14-6-3-2-4-7-14/h2-8H2,1H3. The maximum absolute atomic E-state index is 11.9. The van der Waals surface area contributed by atoms with Gasteiger partial charge in [0.1, 0.15) is 5.01 Å². The van der Waals surface area contributed by atoms with Gasteiger partial charge >= 0.3 is 0 Å². The van der Waals surface area contributed by atoms with E-state index < -0.39 is 0 Å². The van der Waals surface area contributed by atoms with Crippen molar-refractivity contribution in [1.82, 2.24) is 15.1 Å². The van der Waals surface area contributed by atoms with Gasteiger partial charge in [0.05, 0.1) is 0 Å². The zero-order valence-corrected chi connectivity index (χ0v) is 11.6. The lowest BCUT2D eigenvalue weighted by molar-refractivity contribution is -0.131. The highest BCUT2D eigenvalue weighted by atomic mass is 32.2. The van der Waals surface area contributed by atoms with E-state index in [9.17, 15) is 4.79 Å². The molecule has 0 saturated carbocycles. The molecule has 1 saturated heterocycles. The van der Waals surface area contributed by atoms with E-state index in [1.54, 1.807) is 23.1 Å². The minimum Gasteiger partial charge on any atom is -0.343 e. The lowest BCUT2D eigenvalue weighted by atomic mass is 10.1. The van der Waals surface area contributed by atoms with E-state index in [0.29, 0.717) is 12.3 Å². The number of hydrogen-bond acceptors (Lipinski definition) is 5. The van der Waals surface area contributed by atoms with Gasteiger partial charge in [0, 0.05) is 25.3 Å². The second-order valence-electron chi connectivity index (χ2n) is 4.13. The van der Waals surface area contributed by atoms with E-state index in [1.807, 2.05) is 11.8 Å². The molecule has 1 aromatic heterocycles. The predicted octanol–water partition coefficient (Wildman–Crippen LogP) is 2.34. The molecule has 1 fully saturated rings. The maximum atomic E-state index is 11.9. The SMILES string of the molecule is Cc1nnc(SCCC(=O)N2CCCCC2)s1. The molecular formula is C11H17N3OS2. The number of likely N-dealkylation sites (tertiary alicyclic amines) is 1. The van der Waals surface area contributed by atoms with Crippen LogP contribution in [0, 0.1) is 6.92 Å². The van der Waals surface area contributed by atoms with Crippen molar-refractivity contribution in [2.45, 2.75) is 36.9 Å². The van der Waals surface area contributed by atoms with Crippen molar-refractivity contribution >= 4 is 29.0 Å². The van der Waals surface area contributed by atoms with E-state index >= 15 is 0 Å². The minimum absolute atomic E-state index is 0.290. The predicted molar refractivity (Wildman–Crippen MR) is 70.4 cm³/mol. The zero-order chi connectivity index (χ0) is 12.1. The van der Waals surface area contributed by atoms with Crippen LogP contribution < -0.4 is 0 Å². The topological polar surface area (TPSA) is 46.1 Å². The summed E-state index contributed by atoms with van der Waals surface area (Å²) in [5.74, 6) is 1.10. The summed E-state index contributed by atoms with van der Waals surface area (Å²) in [7, 11) is 0. The number of thioether (sulfide) groups is 1. The Morgan fingerprint density at radius 3 is 2.76 bits per heavy atom. The molecule has 1 aliphatic heterocycles. The molecule has 2 heterocycles. The van der Waals surface area contributed by atoms with Crippen LogP contribution in [0.5, 0.6) is 0 Å². The van der Waals surface area contributed by atoms with Crippen molar-refractivity contribution in [3.63, 3.8) is 0 Å². The van der Waals surface area contributed by atoms with Crippen LogP contribution in [0.2, 0.25) is 0 Å². The normalized spacial score (nSPS) is 16.2. The first-order valence-electron chi connectivity index (χ1n) is 5.96. The largest absolute Gasteiger partial charge is 0.343 e. The van der Waals surface area contributed by atoms with Gasteiger partial charge < -0.3 is 4.90 Å². The number of aryl methyl sites for hydroxylation is 1. The van der Waals surface area contributed by atoms with E-state index in [-0.39, 0.29) is 0 Å². The first-order valence-corrected chi connectivity index (χ1v) is 7.76. The van der Waals surface area contributed by atoms with Gasteiger partial charge in [-0.1, -0.05) is 23.1 Å². The van der Waals surface area contributed by atoms with Crippen molar-refractivity contribution in [2.75, 3.05) is 18.8 Å². The van der Waals surface area contributed by atoms with Crippen LogP contribution in [0.3, 0.4) is 0 Å². The average molecular weight is 271 g/mol. The summed E-state index contributed by atoms with van der Waals surface area (Å²) >= 11 is 3.22. The van der Waals surface area contributed by atoms with Gasteiger partial charge in [-0.3, -0.25) is 4.79 Å². The molecule has 1 amide bonds. The average Bonchev–Trinajstić information content (AvgIpc) is 2.76. The summed E-state index contributed by atoms with van der Waals surface area (Å²) in [4.78, 5) is 13.9. The molecule has 6 heteroatoms. The van der Waals surface area contributed by atoms with Crippen molar-refractivity contribution in [3.8, 4) is 0 Å². The van der Waals surface area contributed by atoms with Gasteiger partial charge in [0.2, 0.25) is 5.91 Å². The highest BCUT2D eigenvalue weighted by molar-refractivity contribution is 8.01. The van der Waals surface area contributed by atoms with Gasteiger partial charge in [0.15, 0.2) is 4.34 Å². The third-order valence-electron chi connectivity index (χ3n) is 2.76. The first kappa shape index (κ1) is 12.8. The highest BCUT2D eigenvalue weighted by Crippen LogP contribution is 2.22. The Bertz CT molecular complexity index is 375. The second-order valence-corrected chi connectivity index (χ2v) is 6.65. The van der Waals surface area contributed by atoms with Crippen molar-refractivity contribution in [2.24, 2.45) is 0 Å². The van der Waals surface area contributed by atoms with Gasteiger partial charge in [-0.15, -0.1) is 10.2 Å². The number of piperidine rings is 1. The van der Waals surface area contributed by atoms with Gasteiger partial charge in [-0.05, 0) is 26.2 Å². The van der Waals surface area contributed by atoms with Crippen LogP contribution in [-0.2, 0) is 4.79 Å². The Labute approximate surface area is 110 Å². The molecule has 2 rings (SSSR count). The Kier molecular flexibility index (Phi) is 4.79. The summed E-state index contributed by atoms with van der Waals surface area (Å²) in [6.45, 7) is 3.84. The van der Waals surface area contributed by atoms with E-state index in [4.69, 9.17) is 0 Å². The number of nitrogens with zero attached hydrogens (tertiary/aromatic N) is 3. The number of rotatable bonds is 4. The number of carbonyl (C=O) groups excluding carboxylic acids is 1. The van der Waals surface area contributed by atoms with Crippen LogP contribution in [-0.4, -0.2) is 39.8 Å². The molecule has 0 aliphatic carbocycles. The molecule has 0 bridgehead atoms. The Morgan fingerprint density at radius 2 is 2.12 bits per heavy atom. The number of amides is 1. The molecule has 4 nitrogen and oxygen atoms in total. The summed E-state index contributed by atoms with van der Waals surface area (Å²) in [5.41, 5.74) is 0. The lowest BCUT2D eigenvalue weighted by Crippen LogP contribution is -2.35. The van der Waals surface area contributed by atoms with Gasteiger partial charge in [-0.2, -0.15) is 0 Å². The number of carbonyl (C=O) groups is 1. The fraction of sp³-hybridized carbons (Fsp3) is 0.727. The fourth-order valence-electron chi connectivity index (χ4n) is 1.86. The Hall–Kier alpha value is -0.620. The van der Waals surface area contributed by atoms with Crippen LogP contribution in [0.4, 0.5) is 0 Å². The van der Waals surface area contributed by atoms with Crippen molar-refractivity contribution in [1.29, 1.82) is 0 Å². The molecule has 1 aromatic rings. The first-order chi connectivity index (χ1) is 8.25. The summed E-state index contributed by atoms with van der Waals surface area (Å²) in [6, 6.07) is 0. The third kappa shape index (κ3) is 3.96. The van der Waals surface area contributed by atoms with Crippen LogP contribution >= 0.6 is 23.1 Å². The summed E-state index contributed by atoms with van der Waals surface area (Å²) in [5, 5.41) is 8.97. The molecular weight excluding hydrogens is 254 g/mol. The van der Waals surface area contributed by atoms with Crippen LogP contribution in [0.15, 0.2) is 4.34 Å².